The standard InChI is InChI=1S/C23H36N4O4/c1-15(2)14-27(23(30)17(5)24)25-22(29)20(16(3)4)19(21(28)26-31)13-9-12-18-10-7-6-8-11-18/h6-12,15-17,19-20,31H,13-14,24H2,1-5H3,(H,25,29)(H,26,28)/t17-,19+,20+/m1/s1. The van der Waals surface area contributed by atoms with Crippen molar-refractivity contribution in [1.82, 2.24) is 15.9 Å². The normalized spacial score (nSPS) is 14.4. The Bertz CT molecular complexity index is 747. The molecule has 0 radical (unpaired) electrons. The van der Waals surface area contributed by atoms with E-state index in [1.54, 1.807) is 18.5 Å². The molecule has 1 aromatic carbocycles. The molecule has 0 unspecified atom stereocenters. The molecule has 0 saturated heterocycles. The number of nitrogens with two attached hydrogens (primary N) is 1. The van der Waals surface area contributed by atoms with Crippen LogP contribution in [-0.4, -0.2) is 40.5 Å². The van der Waals surface area contributed by atoms with E-state index in [9.17, 15) is 19.6 Å². The number of carbonyl (C=O) groups is 3. The van der Waals surface area contributed by atoms with Gasteiger partial charge in [0.1, 0.15) is 0 Å². The van der Waals surface area contributed by atoms with Gasteiger partial charge in [0.25, 0.3) is 5.91 Å². The first-order valence-corrected chi connectivity index (χ1v) is 10.6. The predicted molar refractivity (Wildman–Crippen MR) is 120 cm³/mol. The highest BCUT2D eigenvalue weighted by molar-refractivity contribution is 5.89. The minimum absolute atomic E-state index is 0.103. The monoisotopic (exact) mass is 432 g/mol. The summed E-state index contributed by atoms with van der Waals surface area (Å²) in [5.41, 5.74) is 11.0. The van der Waals surface area contributed by atoms with Crippen LogP contribution in [0.25, 0.3) is 6.08 Å². The molecule has 5 N–H and O–H groups in total. The van der Waals surface area contributed by atoms with Gasteiger partial charge < -0.3 is 5.73 Å². The Morgan fingerprint density at radius 1 is 1.06 bits per heavy atom. The molecule has 172 valence electrons. The quantitative estimate of drug-likeness (QED) is 0.334. The zero-order valence-electron chi connectivity index (χ0n) is 19.0. The molecule has 3 amide bonds. The molecule has 31 heavy (non-hydrogen) atoms. The minimum atomic E-state index is -0.823. The topological polar surface area (TPSA) is 125 Å². The highest BCUT2D eigenvalue weighted by atomic mass is 16.5. The number of nitrogens with zero attached hydrogens (tertiary/aromatic N) is 1. The predicted octanol–water partition coefficient (Wildman–Crippen LogP) is 2.35. The number of allylic oxidation sites excluding steroid dienone is 1. The molecular formula is C23H36N4O4. The lowest BCUT2D eigenvalue weighted by Gasteiger charge is -2.32. The van der Waals surface area contributed by atoms with E-state index in [-0.39, 0.29) is 18.3 Å². The van der Waals surface area contributed by atoms with Crippen LogP contribution in [-0.2, 0) is 14.4 Å². The fraction of sp³-hybridized carbons (Fsp3) is 0.522. The third-order valence-corrected chi connectivity index (χ3v) is 4.85. The van der Waals surface area contributed by atoms with Gasteiger partial charge in [-0.1, -0.05) is 70.2 Å². The second-order valence-corrected chi connectivity index (χ2v) is 8.51. The minimum Gasteiger partial charge on any atom is -0.320 e. The van der Waals surface area contributed by atoms with Crippen molar-refractivity contribution in [3.05, 3.63) is 42.0 Å². The van der Waals surface area contributed by atoms with Gasteiger partial charge in [-0.2, -0.15) is 0 Å². The average molecular weight is 433 g/mol. The number of hydrogen-bond acceptors (Lipinski definition) is 5. The van der Waals surface area contributed by atoms with Gasteiger partial charge in [-0.15, -0.1) is 0 Å². The molecule has 8 nitrogen and oxygen atoms in total. The van der Waals surface area contributed by atoms with Crippen LogP contribution >= 0.6 is 0 Å². The molecule has 0 saturated carbocycles. The summed E-state index contributed by atoms with van der Waals surface area (Å²) in [6, 6.07) is 8.79. The van der Waals surface area contributed by atoms with Gasteiger partial charge in [0, 0.05) is 6.54 Å². The number of nitrogens with one attached hydrogen (secondary N) is 2. The number of rotatable bonds is 10. The molecule has 8 heteroatoms. The van der Waals surface area contributed by atoms with Gasteiger partial charge in [-0.25, -0.2) is 5.48 Å². The largest absolute Gasteiger partial charge is 0.320 e. The molecule has 1 aromatic rings. The molecule has 3 atom stereocenters. The van der Waals surface area contributed by atoms with E-state index in [1.165, 1.54) is 5.01 Å². The average Bonchev–Trinajstić information content (AvgIpc) is 2.71. The number of hydroxylamine groups is 1. The van der Waals surface area contributed by atoms with Crippen LogP contribution in [0.1, 0.15) is 46.6 Å². The molecule has 0 bridgehead atoms. The number of benzene rings is 1. The Balaban J connectivity index is 3.09. The van der Waals surface area contributed by atoms with Crippen LogP contribution in [0.2, 0.25) is 0 Å². The van der Waals surface area contributed by atoms with Crippen molar-refractivity contribution in [2.45, 2.75) is 47.1 Å². The first-order valence-electron chi connectivity index (χ1n) is 10.6. The summed E-state index contributed by atoms with van der Waals surface area (Å²) in [5.74, 6) is -3.24. The summed E-state index contributed by atoms with van der Waals surface area (Å²) in [6.45, 7) is 9.33. The molecule has 0 aliphatic carbocycles. The summed E-state index contributed by atoms with van der Waals surface area (Å²) in [6.07, 6.45) is 3.90. The summed E-state index contributed by atoms with van der Waals surface area (Å²) in [4.78, 5) is 38.1. The van der Waals surface area contributed by atoms with Gasteiger partial charge in [-0.3, -0.25) is 30.0 Å². The molecule has 0 heterocycles. The van der Waals surface area contributed by atoms with E-state index < -0.39 is 35.6 Å². The third-order valence-electron chi connectivity index (χ3n) is 4.85. The molecule has 0 fully saturated rings. The zero-order chi connectivity index (χ0) is 23.6. The highest BCUT2D eigenvalue weighted by Gasteiger charge is 2.36. The second kappa shape index (κ2) is 12.9. The van der Waals surface area contributed by atoms with E-state index >= 15 is 0 Å². The summed E-state index contributed by atoms with van der Waals surface area (Å²) >= 11 is 0. The molecule has 1 rings (SSSR count). The van der Waals surface area contributed by atoms with Gasteiger partial charge >= 0.3 is 0 Å². The molecular weight excluding hydrogens is 396 g/mol. The first kappa shape index (κ1) is 26.3. The smallest absolute Gasteiger partial charge is 0.257 e. The van der Waals surface area contributed by atoms with Crippen molar-refractivity contribution >= 4 is 23.8 Å². The van der Waals surface area contributed by atoms with Crippen molar-refractivity contribution in [3.63, 3.8) is 0 Å². The van der Waals surface area contributed by atoms with Crippen LogP contribution in [0.4, 0.5) is 0 Å². The Morgan fingerprint density at radius 3 is 2.16 bits per heavy atom. The Morgan fingerprint density at radius 2 is 1.68 bits per heavy atom. The number of hydrogen-bond donors (Lipinski definition) is 4. The lowest BCUT2D eigenvalue weighted by molar-refractivity contribution is -0.149. The third kappa shape index (κ3) is 8.51. The maximum atomic E-state index is 13.2. The van der Waals surface area contributed by atoms with Crippen LogP contribution in [0.5, 0.6) is 0 Å². The van der Waals surface area contributed by atoms with Crippen LogP contribution < -0.4 is 16.6 Å². The first-order chi connectivity index (χ1) is 14.6. The van der Waals surface area contributed by atoms with Crippen LogP contribution in [0, 0.1) is 23.7 Å². The summed E-state index contributed by atoms with van der Waals surface area (Å²) in [5, 5.41) is 10.5. The van der Waals surface area contributed by atoms with Crippen molar-refractivity contribution in [3.8, 4) is 0 Å². The van der Waals surface area contributed by atoms with Crippen molar-refractivity contribution in [2.24, 2.45) is 29.4 Å². The van der Waals surface area contributed by atoms with E-state index in [0.717, 1.165) is 5.56 Å². The second-order valence-electron chi connectivity index (χ2n) is 8.51. The SMILES string of the molecule is CC(C)CN(NC(=O)[C@@H](C(C)C)[C@H](CC=Cc1ccccc1)C(=O)NO)C(=O)[C@@H](C)N. The van der Waals surface area contributed by atoms with E-state index in [1.807, 2.05) is 64.1 Å². The summed E-state index contributed by atoms with van der Waals surface area (Å²) in [7, 11) is 0. The fourth-order valence-electron chi connectivity index (χ4n) is 3.37. The van der Waals surface area contributed by atoms with E-state index in [0.29, 0.717) is 6.54 Å². The molecule has 0 aromatic heterocycles. The number of carbonyl (C=O) groups excluding carboxylic acids is 3. The Kier molecular flexibility index (Phi) is 10.9. The van der Waals surface area contributed by atoms with Crippen LogP contribution in [0.3, 0.4) is 0 Å². The maximum absolute atomic E-state index is 13.2. The Hall–Kier alpha value is -2.71. The van der Waals surface area contributed by atoms with Gasteiger partial charge in [-0.05, 0) is 30.7 Å². The van der Waals surface area contributed by atoms with Gasteiger partial charge in [0.2, 0.25) is 11.8 Å². The summed E-state index contributed by atoms with van der Waals surface area (Å²) < 4.78 is 0. The van der Waals surface area contributed by atoms with Gasteiger partial charge in [0.05, 0.1) is 17.9 Å². The van der Waals surface area contributed by atoms with Crippen molar-refractivity contribution in [1.29, 1.82) is 0 Å². The van der Waals surface area contributed by atoms with Crippen molar-refractivity contribution in [2.75, 3.05) is 6.54 Å². The zero-order valence-corrected chi connectivity index (χ0v) is 19.0. The van der Waals surface area contributed by atoms with Crippen molar-refractivity contribution < 1.29 is 19.6 Å². The van der Waals surface area contributed by atoms with Gasteiger partial charge in [0.15, 0.2) is 0 Å². The lowest BCUT2D eigenvalue weighted by atomic mass is 9.80. The number of amides is 3. The Labute approximate surface area is 184 Å². The highest BCUT2D eigenvalue weighted by Crippen LogP contribution is 2.26. The maximum Gasteiger partial charge on any atom is 0.257 e. The lowest BCUT2D eigenvalue weighted by Crippen LogP contribution is -2.56. The molecule has 0 aliphatic rings. The van der Waals surface area contributed by atoms with Crippen LogP contribution in [0.15, 0.2) is 36.4 Å². The van der Waals surface area contributed by atoms with E-state index in [2.05, 4.69) is 5.43 Å². The molecule has 0 aliphatic heterocycles. The number of hydrazine groups is 1. The van der Waals surface area contributed by atoms with E-state index in [4.69, 9.17) is 5.73 Å². The fourth-order valence-corrected chi connectivity index (χ4v) is 3.37. The molecule has 0 spiro atoms.